The van der Waals surface area contributed by atoms with Crippen molar-refractivity contribution >= 4 is 5.95 Å². The summed E-state index contributed by atoms with van der Waals surface area (Å²) in [5.41, 5.74) is 4.56. The predicted octanol–water partition coefficient (Wildman–Crippen LogP) is 3.80. The third-order valence-corrected chi connectivity index (χ3v) is 3.39. The number of nitrogens with zero attached hydrogens (tertiary/aromatic N) is 2. The van der Waals surface area contributed by atoms with E-state index in [0.29, 0.717) is 0 Å². The summed E-state index contributed by atoms with van der Waals surface area (Å²) >= 11 is 0. The summed E-state index contributed by atoms with van der Waals surface area (Å²) in [6.45, 7) is 0. The van der Waals surface area contributed by atoms with Gasteiger partial charge < -0.3 is 9.88 Å². The van der Waals surface area contributed by atoms with Gasteiger partial charge in [0.1, 0.15) is 0 Å². The van der Waals surface area contributed by atoms with E-state index in [1.165, 1.54) is 11.1 Å². The number of hydrogen-bond donors (Lipinski definition) is 1. The summed E-state index contributed by atoms with van der Waals surface area (Å²) < 4.78 is 1.99. The Morgan fingerprint density at radius 2 is 1.45 bits per heavy atom. The van der Waals surface area contributed by atoms with Crippen molar-refractivity contribution in [2.24, 2.45) is 7.05 Å². The van der Waals surface area contributed by atoms with Crippen LogP contribution in [0.2, 0.25) is 0 Å². The molecule has 0 aliphatic rings. The first-order valence-electron chi connectivity index (χ1n) is 6.65. The molecule has 0 spiro atoms. The fourth-order valence-corrected chi connectivity index (χ4v) is 2.30. The van der Waals surface area contributed by atoms with Crippen molar-refractivity contribution in [1.29, 1.82) is 0 Å². The highest BCUT2D eigenvalue weighted by Gasteiger charge is 2.06. The van der Waals surface area contributed by atoms with Crippen molar-refractivity contribution in [3.05, 3.63) is 60.8 Å². The molecule has 0 atom stereocenters. The number of rotatable bonds is 3. The summed E-state index contributed by atoms with van der Waals surface area (Å²) in [5.74, 6) is 0.868. The molecule has 20 heavy (non-hydrogen) atoms. The van der Waals surface area contributed by atoms with E-state index >= 15 is 0 Å². The molecule has 1 aromatic heterocycles. The SMILES string of the molecule is CNc1nc(-c2ccc(-c3ccccc3)cc2)cn1C. The van der Waals surface area contributed by atoms with Crippen LogP contribution in [0.4, 0.5) is 5.95 Å². The van der Waals surface area contributed by atoms with Crippen LogP contribution in [-0.4, -0.2) is 16.6 Å². The third kappa shape index (κ3) is 2.30. The van der Waals surface area contributed by atoms with Crippen LogP contribution in [0.3, 0.4) is 0 Å². The smallest absolute Gasteiger partial charge is 0.202 e. The highest BCUT2D eigenvalue weighted by atomic mass is 15.2. The van der Waals surface area contributed by atoms with Gasteiger partial charge in [-0.1, -0.05) is 54.6 Å². The van der Waals surface area contributed by atoms with Crippen molar-refractivity contribution < 1.29 is 0 Å². The Morgan fingerprint density at radius 1 is 0.850 bits per heavy atom. The minimum atomic E-state index is 0.868. The maximum absolute atomic E-state index is 4.55. The van der Waals surface area contributed by atoms with Crippen LogP contribution in [0.5, 0.6) is 0 Å². The summed E-state index contributed by atoms with van der Waals surface area (Å²) in [5, 5.41) is 3.07. The van der Waals surface area contributed by atoms with E-state index in [-0.39, 0.29) is 0 Å². The molecule has 0 bridgehead atoms. The summed E-state index contributed by atoms with van der Waals surface area (Å²) in [7, 11) is 3.87. The van der Waals surface area contributed by atoms with Gasteiger partial charge >= 0.3 is 0 Å². The lowest BCUT2D eigenvalue weighted by molar-refractivity contribution is 0.920. The molecule has 2 aromatic carbocycles. The van der Waals surface area contributed by atoms with Gasteiger partial charge in [0.2, 0.25) is 5.95 Å². The Kier molecular flexibility index (Phi) is 3.25. The predicted molar refractivity (Wildman–Crippen MR) is 83.6 cm³/mol. The number of benzene rings is 2. The van der Waals surface area contributed by atoms with Gasteiger partial charge in [-0.25, -0.2) is 4.98 Å². The molecular weight excluding hydrogens is 246 g/mol. The van der Waals surface area contributed by atoms with Gasteiger partial charge in [0.15, 0.2) is 0 Å². The second-order valence-electron chi connectivity index (χ2n) is 4.75. The minimum Gasteiger partial charge on any atom is -0.359 e. The van der Waals surface area contributed by atoms with E-state index in [1.807, 2.05) is 30.9 Å². The van der Waals surface area contributed by atoms with Gasteiger partial charge in [-0.15, -0.1) is 0 Å². The molecule has 0 fully saturated rings. The average molecular weight is 263 g/mol. The molecule has 0 saturated heterocycles. The van der Waals surface area contributed by atoms with Gasteiger partial charge in [-0.2, -0.15) is 0 Å². The molecule has 100 valence electrons. The topological polar surface area (TPSA) is 29.9 Å². The molecule has 3 rings (SSSR count). The van der Waals surface area contributed by atoms with Crippen LogP contribution < -0.4 is 5.32 Å². The standard InChI is InChI=1S/C17H17N3/c1-18-17-19-16(12-20(17)2)15-10-8-14(9-11-15)13-6-4-3-5-7-13/h3-12H,1-2H3,(H,18,19). The first-order valence-corrected chi connectivity index (χ1v) is 6.65. The van der Waals surface area contributed by atoms with Crippen LogP contribution >= 0.6 is 0 Å². The van der Waals surface area contributed by atoms with Crippen molar-refractivity contribution in [2.75, 3.05) is 12.4 Å². The van der Waals surface area contributed by atoms with Gasteiger partial charge in [-0.05, 0) is 11.1 Å². The molecule has 3 heteroatoms. The maximum Gasteiger partial charge on any atom is 0.202 e. The van der Waals surface area contributed by atoms with Crippen molar-refractivity contribution in [3.8, 4) is 22.4 Å². The highest BCUT2D eigenvalue weighted by molar-refractivity contribution is 5.69. The Bertz CT molecular complexity index is 697. The molecule has 3 aromatic rings. The summed E-state index contributed by atoms with van der Waals surface area (Å²) in [4.78, 5) is 4.55. The number of hydrogen-bond acceptors (Lipinski definition) is 2. The van der Waals surface area contributed by atoms with Gasteiger partial charge in [-0.3, -0.25) is 0 Å². The Labute approximate surface area is 118 Å². The van der Waals surface area contributed by atoms with Crippen LogP contribution in [0.25, 0.3) is 22.4 Å². The third-order valence-electron chi connectivity index (χ3n) is 3.39. The fraction of sp³-hybridized carbons (Fsp3) is 0.118. The number of anilines is 1. The van der Waals surface area contributed by atoms with Crippen LogP contribution in [-0.2, 0) is 7.05 Å². The zero-order valence-electron chi connectivity index (χ0n) is 11.7. The largest absolute Gasteiger partial charge is 0.359 e. The van der Waals surface area contributed by atoms with Gasteiger partial charge in [0.05, 0.1) is 5.69 Å². The highest BCUT2D eigenvalue weighted by Crippen LogP contribution is 2.24. The zero-order chi connectivity index (χ0) is 13.9. The van der Waals surface area contributed by atoms with E-state index in [9.17, 15) is 0 Å². The maximum atomic E-state index is 4.55. The Morgan fingerprint density at radius 3 is 2.05 bits per heavy atom. The van der Waals surface area contributed by atoms with Gasteiger partial charge in [0, 0.05) is 25.9 Å². The van der Waals surface area contributed by atoms with Gasteiger partial charge in [0.25, 0.3) is 0 Å². The van der Waals surface area contributed by atoms with Crippen LogP contribution in [0, 0.1) is 0 Å². The van der Waals surface area contributed by atoms with E-state index in [0.717, 1.165) is 17.2 Å². The molecule has 0 radical (unpaired) electrons. The Balaban J connectivity index is 1.93. The normalized spacial score (nSPS) is 10.5. The van der Waals surface area contributed by atoms with E-state index < -0.39 is 0 Å². The lowest BCUT2D eigenvalue weighted by Gasteiger charge is -2.02. The van der Waals surface area contributed by atoms with E-state index in [4.69, 9.17) is 0 Å². The number of imidazole rings is 1. The second-order valence-corrected chi connectivity index (χ2v) is 4.75. The molecule has 0 amide bonds. The molecule has 0 saturated carbocycles. The number of aromatic nitrogens is 2. The molecule has 1 N–H and O–H groups in total. The molecular formula is C17H17N3. The zero-order valence-corrected chi connectivity index (χ0v) is 11.7. The van der Waals surface area contributed by atoms with E-state index in [1.54, 1.807) is 0 Å². The summed E-state index contributed by atoms with van der Waals surface area (Å²) in [6, 6.07) is 18.9. The minimum absolute atomic E-state index is 0.868. The monoisotopic (exact) mass is 263 g/mol. The fourth-order valence-electron chi connectivity index (χ4n) is 2.30. The van der Waals surface area contributed by atoms with Crippen molar-refractivity contribution in [3.63, 3.8) is 0 Å². The first kappa shape index (κ1) is 12.5. The van der Waals surface area contributed by atoms with Crippen LogP contribution in [0.15, 0.2) is 60.8 Å². The summed E-state index contributed by atoms with van der Waals surface area (Å²) in [6.07, 6.45) is 2.03. The second kappa shape index (κ2) is 5.21. The molecule has 0 aliphatic heterocycles. The average Bonchev–Trinajstić information content (AvgIpc) is 2.89. The quantitative estimate of drug-likeness (QED) is 0.779. The van der Waals surface area contributed by atoms with Crippen LogP contribution in [0.1, 0.15) is 0 Å². The number of aryl methyl sites for hydroxylation is 1. The van der Waals surface area contributed by atoms with Crippen molar-refractivity contribution in [1.82, 2.24) is 9.55 Å². The number of nitrogens with one attached hydrogen (secondary N) is 1. The first-order chi connectivity index (χ1) is 9.78. The molecule has 1 heterocycles. The molecule has 0 unspecified atom stereocenters. The van der Waals surface area contributed by atoms with E-state index in [2.05, 4.69) is 58.8 Å². The lowest BCUT2D eigenvalue weighted by atomic mass is 10.0. The van der Waals surface area contributed by atoms with Crippen molar-refractivity contribution in [2.45, 2.75) is 0 Å². The lowest BCUT2D eigenvalue weighted by Crippen LogP contribution is -1.96. The molecule has 3 nitrogen and oxygen atoms in total. The Hall–Kier alpha value is -2.55. The molecule has 0 aliphatic carbocycles.